The van der Waals surface area contributed by atoms with Crippen LogP contribution in [0.5, 0.6) is 0 Å². The fourth-order valence-corrected chi connectivity index (χ4v) is 1.77. The van der Waals surface area contributed by atoms with Crippen LogP contribution in [0, 0.1) is 0 Å². The summed E-state index contributed by atoms with van der Waals surface area (Å²) >= 11 is 0. The van der Waals surface area contributed by atoms with Gasteiger partial charge in [0.2, 0.25) is 0 Å². The van der Waals surface area contributed by atoms with E-state index in [-0.39, 0.29) is 6.04 Å². The van der Waals surface area contributed by atoms with E-state index in [1.54, 1.807) is 12.5 Å². The van der Waals surface area contributed by atoms with Crippen LogP contribution in [0.1, 0.15) is 5.56 Å². The van der Waals surface area contributed by atoms with Crippen LogP contribution in [-0.2, 0) is 13.0 Å². The Morgan fingerprint density at radius 2 is 2.06 bits per heavy atom. The second-order valence-electron chi connectivity index (χ2n) is 4.18. The number of rotatable bonds is 5. The standard InChI is InChI=1S/C13H17N3O/c14-12(8-11-4-2-1-3-5-11)13(17)9-16-7-6-15-10-16/h1-7,10,12-13,17H,8-9,14H2. The highest BCUT2D eigenvalue weighted by Crippen LogP contribution is 2.06. The molecule has 1 aromatic carbocycles. The Labute approximate surface area is 101 Å². The minimum atomic E-state index is -0.565. The van der Waals surface area contributed by atoms with Crippen LogP contribution >= 0.6 is 0 Å². The molecule has 0 radical (unpaired) electrons. The summed E-state index contributed by atoms with van der Waals surface area (Å²) in [4.78, 5) is 3.93. The molecule has 0 spiro atoms. The number of aliphatic hydroxyl groups is 1. The van der Waals surface area contributed by atoms with Gasteiger partial charge in [-0.25, -0.2) is 4.98 Å². The molecule has 2 atom stereocenters. The maximum Gasteiger partial charge on any atom is 0.0946 e. The minimum Gasteiger partial charge on any atom is -0.390 e. The molecule has 4 heteroatoms. The number of hydrogen-bond acceptors (Lipinski definition) is 3. The molecular formula is C13H17N3O. The molecule has 0 saturated heterocycles. The van der Waals surface area contributed by atoms with Gasteiger partial charge in [0, 0.05) is 18.4 Å². The van der Waals surface area contributed by atoms with Crippen molar-refractivity contribution in [2.24, 2.45) is 5.73 Å². The second-order valence-corrected chi connectivity index (χ2v) is 4.18. The zero-order chi connectivity index (χ0) is 12.1. The fourth-order valence-electron chi connectivity index (χ4n) is 1.77. The number of benzene rings is 1. The Kier molecular flexibility index (Phi) is 3.90. The number of aliphatic hydroxyl groups excluding tert-OH is 1. The van der Waals surface area contributed by atoms with Gasteiger partial charge in [0.15, 0.2) is 0 Å². The molecule has 1 heterocycles. The first-order valence-electron chi connectivity index (χ1n) is 5.69. The summed E-state index contributed by atoms with van der Waals surface area (Å²) in [5, 5.41) is 9.98. The molecule has 2 aromatic rings. The Morgan fingerprint density at radius 1 is 1.29 bits per heavy atom. The van der Waals surface area contributed by atoms with E-state index < -0.39 is 6.10 Å². The van der Waals surface area contributed by atoms with E-state index in [0.29, 0.717) is 13.0 Å². The lowest BCUT2D eigenvalue weighted by Crippen LogP contribution is -2.39. The first-order chi connectivity index (χ1) is 8.25. The van der Waals surface area contributed by atoms with E-state index in [9.17, 15) is 5.11 Å². The molecule has 2 unspecified atom stereocenters. The normalized spacial score (nSPS) is 14.5. The summed E-state index contributed by atoms with van der Waals surface area (Å²) < 4.78 is 1.83. The van der Waals surface area contributed by atoms with E-state index in [0.717, 1.165) is 5.56 Å². The third-order valence-corrected chi connectivity index (χ3v) is 2.77. The fraction of sp³-hybridized carbons (Fsp3) is 0.308. The van der Waals surface area contributed by atoms with Crippen molar-refractivity contribution in [2.45, 2.75) is 25.1 Å². The van der Waals surface area contributed by atoms with E-state index in [4.69, 9.17) is 5.73 Å². The molecule has 0 bridgehead atoms. The SMILES string of the molecule is NC(Cc1ccccc1)C(O)Cn1ccnc1. The average Bonchev–Trinajstić information content (AvgIpc) is 2.83. The summed E-state index contributed by atoms with van der Waals surface area (Å²) in [6.07, 6.45) is 5.30. The zero-order valence-corrected chi connectivity index (χ0v) is 9.61. The topological polar surface area (TPSA) is 64.1 Å². The Balaban J connectivity index is 1.89. The van der Waals surface area contributed by atoms with Gasteiger partial charge >= 0.3 is 0 Å². The number of nitrogens with two attached hydrogens (primary N) is 1. The van der Waals surface area contributed by atoms with Gasteiger partial charge in [-0.15, -0.1) is 0 Å². The molecule has 17 heavy (non-hydrogen) atoms. The van der Waals surface area contributed by atoms with Crippen LogP contribution in [0.15, 0.2) is 49.1 Å². The maximum absolute atomic E-state index is 9.98. The molecule has 0 aliphatic rings. The minimum absolute atomic E-state index is 0.264. The molecule has 3 N–H and O–H groups in total. The highest BCUT2D eigenvalue weighted by molar-refractivity contribution is 5.16. The quantitative estimate of drug-likeness (QED) is 0.800. The van der Waals surface area contributed by atoms with Crippen molar-refractivity contribution in [3.05, 3.63) is 54.6 Å². The van der Waals surface area contributed by atoms with Gasteiger partial charge in [-0.1, -0.05) is 30.3 Å². The van der Waals surface area contributed by atoms with Crippen LogP contribution in [0.2, 0.25) is 0 Å². The van der Waals surface area contributed by atoms with Crippen molar-refractivity contribution in [2.75, 3.05) is 0 Å². The van der Waals surface area contributed by atoms with E-state index in [2.05, 4.69) is 4.98 Å². The van der Waals surface area contributed by atoms with Crippen LogP contribution in [0.3, 0.4) is 0 Å². The maximum atomic E-state index is 9.98. The van der Waals surface area contributed by atoms with Crippen molar-refractivity contribution in [3.8, 4) is 0 Å². The molecule has 4 nitrogen and oxygen atoms in total. The van der Waals surface area contributed by atoms with Crippen molar-refractivity contribution in [1.82, 2.24) is 9.55 Å². The first-order valence-corrected chi connectivity index (χ1v) is 5.69. The van der Waals surface area contributed by atoms with Gasteiger partial charge < -0.3 is 15.4 Å². The highest BCUT2D eigenvalue weighted by Gasteiger charge is 2.15. The number of hydrogen-bond donors (Lipinski definition) is 2. The van der Waals surface area contributed by atoms with Crippen molar-refractivity contribution >= 4 is 0 Å². The molecule has 0 saturated carbocycles. The lowest BCUT2D eigenvalue weighted by molar-refractivity contribution is 0.125. The summed E-state index contributed by atoms with van der Waals surface area (Å²) in [5.41, 5.74) is 7.13. The number of nitrogens with zero attached hydrogens (tertiary/aromatic N) is 2. The predicted molar refractivity (Wildman–Crippen MR) is 66.4 cm³/mol. The van der Waals surface area contributed by atoms with E-state index in [1.165, 1.54) is 0 Å². The summed E-state index contributed by atoms with van der Waals surface area (Å²) in [7, 11) is 0. The molecule has 0 fully saturated rings. The van der Waals surface area contributed by atoms with Crippen LogP contribution < -0.4 is 5.73 Å². The Hall–Kier alpha value is -1.65. The molecule has 2 rings (SSSR count). The summed E-state index contributed by atoms with van der Waals surface area (Å²) in [5.74, 6) is 0. The van der Waals surface area contributed by atoms with Crippen LogP contribution in [0.4, 0.5) is 0 Å². The summed E-state index contributed by atoms with van der Waals surface area (Å²) in [6, 6.07) is 9.69. The largest absolute Gasteiger partial charge is 0.390 e. The number of imidazole rings is 1. The van der Waals surface area contributed by atoms with Crippen molar-refractivity contribution in [1.29, 1.82) is 0 Å². The van der Waals surface area contributed by atoms with Gasteiger partial charge in [-0.2, -0.15) is 0 Å². The van der Waals surface area contributed by atoms with Gasteiger partial charge in [0.25, 0.3) is 0 Å². The zero-order valence-electron chi connectivity index (χ0n) is 9.61. The molecule has 1 aromatic heterocycles. The second kappa shape index (κ2) is 5.61. The van der Waals surface area contributed by atoms with Crippen molar-refractivity contribution < 1.29 is 5.11 Å². The van der Waals surface area contributed by atoms with Crippen LogP contribution in [0.25, 0.3) is 0 Å². The first kappa shape index (κ1) is 11.8. The van der Waals surface area contributed by atoms with E-state index in [1.807, 2.05) is 41.1 Å². The van der Waals surface area contributed by atoms with E-state index >= 15 is 0 Å². The third kappa shape index (κ3) is 3.41. The highest BCUT2D eigenvalue weighted by atomic mass is 16.3. The number of aromatic nitrogens is 2. The molecule has 0 aliphatic heterocycles. The Morgan fingerprint density at radius 3 is 2.71 bits per heavy atom. The molecule has 0 aliphatic carbocycles. The smallest absolute Gasteiger partial charge is 0.0946 e. The van der Waals surface area contributed by atoms with Crippen molar-refractivity contribution in [3.63, 3.8) is 0 Å². The lowest BCUT2D eigenvalue weighted by atomic mass is 10.0. The average molecular weight is 231 g/mol. The monoisotopic (exact) mass is 231 g/mol. The molecular weight excluding hydrogens is 214 g/mol. The third-order valence-electron chi connectivity index (χ3n) is 2.77. The van der Waals surface area contributed by atoms with Gasteiger partial charge in [-0.05, 0) is 12.0 Å². The Bertz CT molecular complexity index is 427. The van der Waals surface area contributed by atoms with Gasteiger partial charge in [0.1, 0.15) is 0 Å². The molecule has 0 amide bonds. The van der Waals surface area contributed by atoms with Gasteiger partial charge in [0.05, 0.1) is 19.0 Å². The molecule has 90 valence electrons. The lowest BCUT2D eigenvalue weighted by Gasteiger charge is -2.19. The van der Waals surface area contributed by atoms with Gasteiger partial charge in [-0.3, -0.25) is 0 Å². The predicted octanol–water partition coefficient (Wildman–Crippen LogP) is 0.814. The van der Waals surface area contributed by atoms with Crippen LogP contribution in [-0.4, -0.2) is 26.8 Å². The summed E-state index contributed by atoms with van der Waals surface area (Å²) in [6.45, 7) is 0.480.